The Labute approximate surface area is 86.7 Å². The molecule has 1 saturated carbocycles. The van der Waals surface area contributed by atoms with E-state index in [2.05, 4.69) is 6.92 Å². The maximum absolute atomic E-state index is 10.9. The van der Waals surface area contributed by atoms with Crippen LogP contribution in [0.15, 0.2) is 0 Å². The molecule has 1 aliphatic rings. The Hall–Kier alpha value is -0.530. The number of hydrogen-bond acceptors (Lipinski definition) is 1. The standard InChI is InChI=1S/C12H22O2/c1-10-6-2-4-8-11(12(13)14)9-5-3-7-10/h10-11H,2-9H2,1H3,(H,13,14). The van der Waals surface area contributed by atoms with Gasteiger partial charge in [0.05, 0.1) is 5.92 Å². The average Bonchev–Trinajstić information content (AvgIpc) is 2.15. The molecule has 2 heteroatoms. The van der Waals surface area contributed by atoms with Crippen LogP contribution in [0.5, 0.6) is 0 Å². The molecule has 0 spiro atoms. The SMILES string of the molecule is CC1CCCCC(C(=O)O)CCCC1. The molecular formula is C12H22O2. The Morgan fingerprint density at radius 2 is 1.43 bits per heavy atom. The van der Waals surface area contributed by atoms with E-state index in [0.29, 0.717) is 0 Å². The molecule has 82 valence electrons. The molecule has 0 aromatic carbocycles. The van der Waals surface area contributed by atoms with Crippen molar-refractivity contribution in [1.82, 2.24) is 0 Å². The molecule has 1 fully saturated rings. The zero-order chi connectivity index (χ0) is 10.4. The van der Waals surface area contributed by atoms with Crippen LogP contribution in [0, 0.1) is 11.8 Å². The minimum absolute atomic E-state index is 0.0663. The van der Waals surface area contributed by atoms with E-state index in [9.17, 15) is 4.79 Å². The van der Waals surface area contributed by atoms with Gasteiger partial charge in [0.25, 0.3) is 0 Å². The molecule has 0 aliphatic heterocycles. The van der Waals surface area contributed by atoms with E-state index in [1.54, 1.807) is 0 Å². The van der Waals surface area contributed by atoms with Crippen molar-refractivity contribution in [2.24, 2.45) is 11.8 Å². The van der Waals surface area contributed by atoms with Crippen LogP contribution in [0.25, 0.3) is 0 Å². The fourth-order valence-electron chi connectivity index (χ4n) is 2.30. The molecule has 0 radical (unpaired) electrons. The van der Waals surface area contributed by atoms with E-state index in [4.69, 9.17) is 5.11 Å². The van der Waals surface area contributed by atoms with Crippen LogP contribution in [0.2, 0.25) is 0 Å². The highest BCUT2D eigenvalue weighted by atomic mass is 16.4. The van der Waals surface area contributed by atoms with Crippen molar-refractivity contribution in [3.63, 3.8) is 0 Å². The number of rotatable bonds is 1. The van der Waals surface area contributed by atoms with Gasteiger partial charge in [0, 0.05) is 0 Å². The Morgan fingerprint density at radius 3 is 1.86 bits per heavy atom. The van der Waals surface area contributed by atoms with Crippen LogP contribution in [0.1, 0.15) is 58.3 Å². The predicted octanol–water partition coefficient (Wildman–Crippen LogP) is 3.46. The molecule has 0 amide bonds. The molecule has 0 heterocycles. The fraction of sp³-hybridized carbons (Fsp3) is 0.917. The van der Waals surface area contributed by atoms with E-state index in [0.717, 1.165) is 31.6 Å². The quantitative estimate of drug-likeness (QED) is 0.700. The van der Waals surface area contributed by atoms with Gasteiger partial charge >= 0.3 is 5.97 Å². The summed E-state index contributed by atoms with van der Waals surface area (Å²) in [5.74, 6) is 0.193. The molecule has 0 aromatic rings. The lowest BCUT2D eigenvalue weighted by atomic mass is 9.89. The van der Waals surface area contributed by atoms with Crippen molar-refractivity contribution >= 4 is 5.97 Å². The number of aliphatic carboxylic acids is 1. The van der Waals surface area contributed by atoms with Crippen LogP contribution >= 0.6 is 0 Å². The summed E-state index contributed by atoms with van der Waals surface area (Å²) in [7, 11) is 0. The molecule has 1 N–H and O–H groups in total. The number of carbonyl (C=O) groups is 1. The number of hydrogen-bond donors (Lipinski definition) is 1. The first-order valence-corrected chi connectivity index (χ1v) is 5.93. The van der Waals surface area contributed by atoms with E-state index in [1.165, 1.54) is 25.7 Å². The Balaban J connectivity index is 2.35. The van der Waals surface area contributed by atoms with Gasteiger partial charge in [-0.15, -0.1) is 0 Å². The van der Waals surface area contributed by atoms with Gasteiger partial charge in [-0.1, -0.05) is 45.4 Å². The molecule has 0 atom stereocenters. The maximum atomic E-state index is 10.9. The molecule has 2 nitrogen and oxygen atoms in total. The fourth-order valence-corrected chi connectivity index (χ4v) is 2.30. The normalized spacial score (nSPS) is 30.9. The van der Waals surface area contributed by atoms with Crippen LogP contribution in [0.4, 0.5) is 0 Å². The average molecular weight is 198 g/mol. The smallest absolute Gasteiger partial charge is 0.306 e. The van der Waals surface area contributed by atoms with Gasteiger partial charge in [-0.2, -0.15) is 0 Å². The zero-order valence-electron chi connectivity index (χ0n) is 9.17. The lowest BCUT2D eigenvalue weighted by Gasteiger charge is -2.17. The topological polar surface area (TPSA) is 37.3 Å². The largest absolute Gasteiger partial charge is 0.481 e. The second-order valence-corrected chi connectivity index (χ2v) is 4.71. The predicted molar refractivity (Wildman–Crippen MR) is 57.2 cm³/mol. The van der Waals surface area contributed by atoms with Crippen LogP contribution in [-0.4, -0.2) is 11.1 Å². The zero-order valence-corrected chi connectivity index (χ0v) is 9.17. The second-order valence-electron chi connectivity index (χ2n) is 4.71. The van der Waals surface area contributed by atoms with Crippen LogP contribution in [0.3, 0.4) is 0 Å². The Kier molecular flexibility index (Phi) is 4.99. The third-order valence-electron chi connectivity index (χ3n) is 3.35. The van der Waals surface area contributed by atoms with Crippen LogP contribution in [-0.2, 0) is 4.79 Å². The van der Waals surface area contributed by atoms with Crippen molar-refractivity contribution in [3.05, 3.63) is 0 Å². The van der Waals surface area contributed by atoms with Gasteiger partial charge in [0.15, 0.2) is 0 Å². The monoisotopic (exact) mass is 198 g/mol. The van der Waals surface area contributed by atoms with Crippen molar-refractivity contribution in [1.29, 1.82) is 0 Å². The number of carboxylic acids is 1. The molecule has 1 aliphatic carbocycles. The summed E-state index contributed by atoms with van der Waals surface area (Å²) >= 11 is 0. The summed E-state index contributed by atoms with van der Waals surface area (Å²) in [5.41, 5.74) is 0. The molecular weight excluding hydrogens is 176 g/mol. The first-order chi connectivity index (χ1) is 6.70. The van der Waals surface area contributed by atoms with Gasteiger partial charge in [-0.3, -0.25) is 4.79 Å². The molecule has 0 unspecified atom stereocenters. The third-order valence-corrected chi connectivity index (χ3v) is 3.35. The summed E-state index contributed by atoms with van der Waals surface area (Å²) in [6, 6.07) is 0. The van der Waals surface area contributed by atoms with Crippen LogP contribution < -0.4 is 0 Å². The van der Waals surface area contributed by atoms with E-state index < -0.39 is 5.97 Å². The van der Waals surface area contributed by atoms with Gasteiger partial charge in [-0.05, 0) is 18.8 Å². The van der Waals surface area contributed by atoms with E-state index >= 15 is 0 Å². The molecule has 0 aromatic heterocycles. The molecule has 0 saturated heterocycles. The third kappa shape index (κ3) is 4.12. The molecule has 14 heavy (non-hydrogen) atoms. The van der Waals surface area contributed by atoms with Gasteiger partial charge in [0.2, 0.25) is 0 Å². The highest BCUT2D eigenvalue weighted by Gasteiger charge is 2.17. The van der Waals surface area contributed by atoms with Crippen molar-refractivity contribution in [3.8, 4) is 0 Å². The summed E-state index contributed by atoms with van der Waals surface area (Å²) in [6.07, 6.45) is 8.97. The summed E-state index contributed by atoms with van der Waals surface area (Å²) < 4.78 is 0. The first kappa shape index (κ1) is 11.5. The lowest BCUT2D eigenvalue weighted by Crippen LogP contribution is -2.14. The van der Waals surface area contributed by atoms with E-state index in [-0.39, 0.29) is 5.92 Å². The highest BCUT2D eigenvalue weighted by molar-refractivity contribution is 5.69. The van der Waals surface area contributed by atoms with Gasteiger partial charge in [0.1, 0.15) is 0 Å². The number of carboxylic acid groups (broad SMARTS) is 1. The molecule has 0 bridgehead atoms. The second kappa shape index (κ2) is 6.05. The maximum Gasteiger partial charge on any atom is 0.306 e. The molecule has 1 rings (SSSR count). The Bertz CT molecular complexity index is 165. The highest BCUT2D eigenvalue weighted by Crippen LogP contribution is 2.24. The van der Waals surface area contributed by atoms with Gasteiger partial charge < -0.3 is 5.11 Å². The van der Waals surface area contributed by atoms with E-state index in [1.807, 2.05) is 0 Å². The summed E-state index contributed by atoms with van der Waals surface area (Å²) in [5, 5.41) is 8.97. The van der Waals surface area contributed by atoms with Gasteiger partial charge in [-0.25, -0.2) is 0 Å². The Morgan fingerprint density at radius 1 is 1.00 bits per heavy atom. The minimum atomic E-state index is -0.585. The van der Waals surface area contributed by atoms with Crippen molar-refractivity contribution < 1.29 is 9.90 Å². The van der Waals surface area contributed by atoms with Crippen molar-refractivity contribution in [2.75, 3.05) is 0 Å². The van der Waals surface area contributed by atoms with Crippen molar-refractivity contribution in [2.45, 2.75) is 58.3 Å². The summed E-state index contributed by atoms with van der Waals surface area (Å²) in [6.45, 7) is 2.32. The first-order valence-electron chi connectivity index (χ1n) is 5.93. The summed E-state index contributed by atoms with van der Waals surface area (Å²) in [4.78, 5) is 10.9. The minimum Gasteiger partial charge on any atom is -0.481 e. The lowest BCUT2D eigenvalue weighted by molar-refractivity contribution is -0.142.